The molecule has 1 aromatic rings. The summed E-state index contributed by atoms with van der Waals surface area (Å²) >= 11 is 0. The number of halogens is 1. The SMILES string of the molecule is COc1cccc(C(OC)(OC)C2CC=CCN2)c1OC.Cl. The van der Waals surface area contributed by atoms with Gasteiger partial charge in [-0.25, -0.2) is 0 Å². The summed E-state index contributed by atoms with van der Waals surface area (Å²) in [6.07, 6.45) is 5.03. The molecular formula is C16H24ClNO4. The zero-order valence-electron chi connectivity index (χ0n) is 13.4. The third-order valence-electron chi connectivity index (χ3n) is 3.86. The van der Waals surface area contributed by atoms with E-state index in [1.54, 1.807) is 28.4 Å². The van der Waals surface area contributed by atoms with Crippen LogP contribution in [0.2, 0.25) is 0 Å². The van der Waals surface area contributed by atoms with Crippen molar-refractivity contribution in [3.63, 3.8) is 0 Å². The molecule has 1 aliphatic heterocycles. The van der Waals surface area contributed by atoms with Crippen molar-refractivity contribution in [3.05, 3.63) is 35.9 Å². The Labute approximate surface area is 138 Å². The molecule has 6 heteroatoms. The van der Waals surface area contributed by atoms with Gasteiger partial charge in [-0.15, -0.1) is 12.4 Å². The summed E-state index contributed by atoms with van der Waals surface area (Å²) in [5, 5.41) is 3.42. The van der Waals surface area contributed by atoms with E-state index in [4.69, 9.17) is 18.9 Å². The van der Waals surface area contributed by atoms with E-state index in [9.17, 15) is 0 Å². The second kappa shape index (κ2) is 8.39. The lowest BCUT2D eigenvalue weighted by Gasteiger charge is -2.40. The van der Waals surface area contributed by atoms with E-state index in [2.05, 4.69) is 17.5 Å². The van der Waals surface area contributed by atoms with E-state index in [0.717, 1.165) is 18.5 Å². The number of hydrogen-bond donors (Lipinski definition) is 1. The number of benzene rings is 1. The maximum atomic E-state index is 5.80. The molecule has 0 saturated heterocycles. The Morgan fingerprint density at radius 3 is 2.27 bits per heavy atom. The molecule has 0 spiro atoms. The van der Waals surface area contributed by atoms with Crippen molar-refractivity contribution in [1.29, 1.82) is 0 Å². The largest absolute Gasteiger partial charge is 0.493 e. The smallest absolute Gasteiger partial charge is 0.214 e. The van der Waals surface area contributed by atoms with Crippen LogP contribution in [0, 0.1) is 0 Å². The highest BCUT2D eigenvalue weighted by Gasteiger charge is 2.44. The molecule has 0 radical (unpaired) electrons. The van der Waals surface area contributed by atoms with Crippen LogP contribution >= 0.6 is 12.4 Å². The van der Waals surface area contributed by atoms with Gasteiger partial charge in [0.25, 0.3) is 0 Å². The van der Waals surface area contributed by atoms with Gasteiger partial charge in [-0.2, -0.15) is 0 Å². The summed E-state index contributed by atoms with van der Waals surface area (Å²) < 4.78 is 22.5. The minimum atomic E-state index is -0.940. The predicted octanol–water partition coefficient (Wildman–Crippen LogP) is 2.49. The first-order valence-corrected chi connectivity index (χ1v) is 6.93. The van der Waals surface area contributed by atoms with Crippen LogP contribution in [-0.2, 0) is 15.3 Å². The van der Waals surface area contributed by atoms with Gasteiger partial charge in [0.05, 0.1) is 25.8 Å². The second-order valence-electron chi connectivity index (χ2n) is 4.78. The van der Waals surface area contributed by atoms with Crippen LogP contribution in [0.3, 0.4) is 0 Å². The van der Waals surface area contributed by atoms with Gasteiger partial charge in [-0.1, -0.05) is 18.2 Å². The molecule has 0 fully saturated rings. The molecule has 1 aliphatic rings. The van der Waals surface area contributed by atoms with Crippen molar-refractivity contribution >= 4 is 12.4 Å². The van der Waals surface area contributed by atoms with Gasteiger partial charge in [-0.3, -0.25) is 0 Å². The third kappa shape index (κ3) is 3.22. The summed E-state index contributed by atoms with van der Waals surface area (Å²) in [7, 11) is 6.51. The van der Waals surface area contributed by atoms with E-state index in [0.29, 0.717) is 11.5 Å². The average Bonchev–Trinajstić information content (AvgIpc) is 2.57. The zero-order chi connectivity index (χ0) is 15.3. The molecule has 1 N–H and O–H groups in total. The van der Waals surface area contributed by atoms with Gasteiger partial charge in [0.2, 0.25) is 5.79 Å². The number of hydrogen-bond acceptors (Lipinski definition) is 5. The maximum absolute atomic E-state index is 5.80. The molecule has 0 bridgehead atoms. The molecule has 0 aromatic heterocycles. The number of rotatable bonds is 6. The summed E-state index contributed by atoms with van der Waals surface area (Å²) in [5.74, 6) is 0.338. The van der Waals surface area contributed by atoms with Crippen LogP contribution in [0.25, 0.3) is 0 Å². The quantitative estimate of drug-likeness (QED) is 0.642. The van der Waals surface area contributed by atoms with Crippen LogP contribution in [0.15, 0.2) is 30.4 Å². The molecule has 124 valence electrons. The van der Waals surface area contributed by atoms with E-state index >= 15 is 0 Å². The fourth-order valence-corrected chi connectivity index (χ4v) is 2.84. The Kier molecular flexibility index (Phi) is 7.16. The zero-order valence-corrected chi connectivity index (χ0v) is 14.2. The van der Waals surface area contributed by atoms with E-state index in [1.165, 1.54) is 0 Å². The van der Waals surface area contributed by atoms with E-state index < -0.39 is 5.79 Å². The van der Waals surface area contributed by atoms with Gasteiger partial charge in [-0.05, 0) is 18.6 Å². The van der Waals surface area contributed by atoms with Crippen molar-refractivity contribution < 1.29 is 18.9 Å². The van der Waals surface area contributed by atoms with Crippen LogP contribution in [-0.4, -0.2) is 41.0 Å². The first-order chi connectivity index (χ1) is 10.2. The molecule has 1 unspecified atom stereocenters. The summed E-state index contributed by atoms with van der Waals surface area (Å²) in [6.45, 7) is 0.783. The highest BCUT2D eigenvalue weighted by atomic mass is 35.5. The lowest BCUT2D eigenvalue weighted by molar-refractivity contribution is -0.235. The Bertz CT molecular complexity index is 503. The topological polar surface area (TPSA) is 49.0 Å². The fourth-order valence-electron chi connectivity index (χ4n) is 2.84. The van der Waals surface area contributed by atoms with Crippen molar-refractivity contribution in [2.45, 2.75) is 18.2 Å². The van der Waals surface area contributed by atoms with Crippen molar-refractivity contribution in [3.8, 4) is 11.5 Å². The van der Waals surface area contributed by atoms with Gasteiger partial charge in [0, 0.05) is 20.8 Å². The fraction of sp³-hybridized carbons (Fsp3) is 0.500. The Morgan fingerprint density at radius 2 is 1.77 bits per heavy atom. The normalized spacial score (nSPS) is 17.7. The first kappa shape index (κ1) is 18.8. The molecule has 1 aromatic carbocycles. The molecule has 5 nitrogen and oxygen atoms in total. The van der Waals surface area contributed by atoms with Gasteiger partial charge in [0.1, 0.15) is 0 Å². The summed E-state index contributed by atoms with van der Waals surface area (Å²) in [6, 6.07) is 5.68. The molecule has 22 heavy (non-hydrogen) atoms. The monoisotopic (exact) mass is 329 g/mol. The Balaban J connectivity index is 0.00000242. The lowest BCUT2D eigenvalue weighted by Crippen LogP contribution is -2.52. The van der Waals surface area contributed by atoms with Crippen LogP contribution < -0.4 is 14.8 Å². The molecule has 1 heterocycles. The van der Waals surface area contributed by atoms with Crippen molar-refractivity contribution in [2.24, 2.45) is 0 Å². The number of ether oxygens (including phenoxy) is 4. The maximum Gasteiger partial charge on any atom is 0.214 e. The summed E-state index contributed by atoms with van der Waals surface area (Å²) in [5.41, 5.74) is 0.808. The van der Waals surface area contributed by atoms with Crippen LogP contribution in [0.1, 0.15) is 12.0 Å². The number of para-hydroxylation sites is 1. The molecular weight excluding hydrogens is 306 g/mol. The Morgan fingerprint density at radius 1 is 1.05 bits per heavy atom. The molecule has 2 rings (SSSR count). The third-order valence-corrected chi connectivity index (χ3v) is 3.86. The van der Waals surface area contributed by atoms with Gasteiger partial charge in [0.15, 0.2) is 11.5 Å². The highest BCUT2D eigenvalue weighted by Crippen LogP contribution is 2.42. The van der Waals surface area contributed by atoms with Gasteiger partial charge < -0.3 is 24.3 Å². The number of nitrogens with one attached hydrogen (secondary N) is 1. The van der Waals surface area contributed by atoms with E-state index in [1.807, 2.05) is 18.2 Å². The first-order valence-electron chi connectivity index (χ1n) is 6.93. The van der Waals surface area contributed by atoms with Crippen LogP contribution in [0.5, 0.6) is 11.5 Å². The highest BCUT2D eigenvalue weighted by molar-refractivity contribution is 5.85. The van der Waals surface area contributed by atoms with Crippen molar-refractivity contribution in [2.75, 3.05) is 35.0 Å². The predicted molar refractivity (Wildman–Crippen MR) is 88.0 cm³/mol. The second-order valence-corrected chi connectivity index (χ2v) is 4.78. The molecule has 0 aliphatic carbocycles. The lowest BCUT2D eigenvalue weighted by atomic mass is 9.92. The summed E-state index contributed by atoms with van der Waals surface area (Å²) in [4.78, 5) is 0. The number of methoxy groups -OCH3 is 4. The van der Waals surface area contributed by atoms with E-state index in [-0.39, 0.29) is 18.4 Å². The molecule has 0 saturated carbocycles. The Hall–Kier alpha value is -1.27. The minimum Gasteiger partial charge on any atom is -0.493 e. The molecule has 0 amide bonds. The van der Waals surface area contributed by atoms with Crippen LogP contribution in [0.4, 0.5) is 0 Å². The average molecular weight is 330 g/mol. The standard InChI is InChI=1S/C16H23NO4.ClH/c1-18-13-9-7-8-12(15(13)19-2)16(20-3,21-4)14-10-5-6-11-17-14;/h5-9,14,17H,10-11H2,1-4H3;1H. The van der Waals surface area contributed by atoms with Gasteiger partial charge >= 0.3 is 0 Å². The minimum absolute atomic E-state index is 0. The van der Waals surface area contributed by atoms with Crippen molar-refractivity contribution in [1.82, 2.24) is 5.32 Å². The molecule has 1 atom stereocenters.